The average molecular weight is 469 g/mol. The van der Waals surface area contributed by atoms with Gasteiger partial charge in [0.2, 0.25) is 5.91 Å². The van der Waals surface area contributed by atoms with Crippen LogP contribution in [0.3, 0.4) is 0 Å². The maximum atomic E-state index is 13.9. The van der Waals surface area contributed by atoms with E-state index in [0.29, 0.717) is 5.56 Å². The maximum absolute atomic E-state index is 13.9. The molecule has 1 fully saturated rings. The summed E-state index contributed by atoms with van der Waals surface area (Å²) in [7, 11) is 0. The highest BCUT2D eigenvalue weighted by Gasteiger charge is 2.37. The van der Waals surface area contributed by atoms with Gasteiger partial charge >= 0.3 is 12.1 Å². The van der Waals surface area contributed by atoms with Crippen molar-refractivity contribution in [3.63, 3.8) is 0 Å². The molecule has 1 aromatic heterocycles. The lowest BCUT2D eigenvalue weighted by Crippen LogP contribution is -2.32. The zero-order chi connectivity index (χ0) is 23.5. The Morgan fingerprint density at radius 1 is 1.22 bits per heavy atom. The van der Waals surface area contributed by atoms with Crippen molar-refractivity contribution in [3.05, 3.63) is 52.3 Å². The van der Waals surface area contributed by atoms with Crippen LogP contribution in [0, 0.1) is 5.92 Å². The molecule has 32 heavy (non-hydrogen) atoms. The lowest BCUT2D eigenvalue weighted by atomic mass is 9.94. The Morgan fingerprint density at radius 2 is 1.94 bits per heavy atom. The van der Waals surface area contributed by atoms with Gasteiger partial charge in [0.15, 0.2) is 0 Å². The van der Waals surface area contributed by atoms with Crippen LogP contribution < -0.4 is 0 Å². The van der Waals surface area contributed by atoms with Crippen LogP contribution in [0.5, 0.6) is 0 Å². The first-order valence-corrected chi connectivity index (χ1v) is 10.8. The molecule has 0 atom stereocenters. The van der Waals surface area contributed by atoms with E-state index in [-0.39, 0.29) is 59.8 Å². The molecule has 1 aliphatic rings. The molecule has 1 heterocycles. The van der Waals surface area contributed by atoms with Crippen molar-refractivity contribution in [3.8, 4) is 11.1 Å². The van der Waals surface area contributed by atoms with Crippen molar-refractivity contribution in [2.75, 3.05) is 13.2 Å². The van der Waals surface area contributed by atoms with E-state index in [0.717, 1.165) is 18.9 Å². The number of esters is 1. The van der Waals surface area contributed by atoms with Gasteiger partial charge in [0, 0.05) is 30.8 Å². The van der Waals surface area contributed by atoms with Crippen LogP contribution in [-0.2, 0) is 33.5 Å². The van der Waals surface area contributed by atoms with Crippen LogP contribution in [0.15, 0.2) is 30.5 Å². The van der Waals surface area contributed by atoms with Crippen molar-refractivity contribution in [1.29, 1.82) is 0 Å². The van der Waals surface area contributed by atoms with E-state index in [1.54, 1.807) is 19.9 Å². The summed E-state index contributed by atoms with van der Waals surface area (Å²) in [5.74, 6) is -0.732. The van der Waals surface area contributed by atoms with Gasteiger partial charge in [0.25, 0.3) is 0 Å². The van der Waals surface area contributed by atoms with Gasteiger partial charge in [-0.2, -0.15) is 13.2 Å². The minimum absolute atomic E-state index is 0.00903. The molecule has 0 N–H and O–H groups in total. The molecule has 0 saturated heterocycles. The molecule has 1 amide bonds. The molecule has 2 aromatic rings. The number of halogens is 4. The number of benzene rings is 1. The van der Waals surface area contributed by atoms with E-state index in [2.05, 4.69) is 4.98 Å². The summed E-state index contributed by atoms with van der Waals surface area (Å²) in [5.41, 5.74) is 0.0823. The number of rotatable bonds is 8. The van der Waals surface area contributed by atoms with Crippen LogP contribution in [0.4, 0.5) is 13.2 Å². The van der Waals surface area contributed by atoms with E-state index in [1.807, 2.05) is 0 Å². The quantitative estimate of drug-likeness (QED) is 0.390. The first-order chi connectivity index (χ1) is 15.2. The maximum Gasteiger partial charge on any atom is 0.416 e. The Hall–Kier alpha value is -2.61. The Labute approximate surface area is 189 Å². The smallest absolute Gasteiger partial charge is 0.416 e. The zero-order valence-corrected chi connectivity index (χ0v) is 18.6. The summed E-state index contributed by atoms with van der Waals surface area (Å²) >= 11 is 6.27. The topological polar surface area (TPSA) is 59.5 Å². The second-order valence-electron chi connectivity index (χ2n) is 7.62. The summed E-state index contributed by atoms with van der Waals surface area (Å²) < 4.78 is 46.6. The minimum atomic E-state index is -4.62. The molecular formula is C23H24ClF3N2O3. The Kier molecular flexibility index (Phi) is 7.44. The zero-order valence-electron chi connectivity index (χ0n) is 17.8. The number of alkyl halides is 3. The van der Waals surface area contributed by atoms with E-state index >= 15 is 0 Å². The van der Waals surface area contributed by atoms with Crippen LogP contribution in [0.1, 0.15) is 43.4 Å². The summed E-state index contributed by atoms with van der Waals surface area (Å²) in [6, 6.07) is 5.37. The molecule has 172 valence electrons. The molecule has 0 bridgehead atoms. The second kappa shape index (κ2) is 9.90. The van der Waals surface area contributed by atoms with Gasteiger partial charge in [0.1, 0.15) is 5.15 Å². The van der Waals surface area contributed by atoms with Gasteiger partial charge in [-0.05, 0) is 55.5 Å². The summed E-state index contributed by atoms with van der Waals surface area (Å²) in [4.78, 5) is 30.0. The van der Waals surface area contributed by atoms with Crippen LogP contribution in [0.25, 0.3) is 11.1 Å². The number of pyridine rings is 1. The number of aromatic nitrogens is 1. The molecule has 1 aliphatic carbocycles. The highest BCUT2D eigenvalue weighted by molar-refractivity contribution is 6.32. The standard InChI is InChI=1S/C23H24ClF3N2O3/c1-3-29(22(31)15-8-9-15)13-18-16(6-5-7-19(18)23(25,26)27)17-10-14(12-28-21(17)24)11-20(30)32-4-2/h5-7,10,12,15H,3-4,8-9,11,13H2,1-2H3. The van der Waals surface area contributed by atoms with Crippen molar-refractivity contribution in [2.24, 2.45) is 5.92 Å². The first-order valence-electron chi connectivity index (χ1n) is 10.4. The predicted molar refractivity (Wildman–Crippen MR) is 114 cm³/mol. The molecule has 1 saturated carbocycles. The number of carbonyl (C=O) groups is 2. The highest BCUT2D eigenvalue weighted by Crippen LogP contribution is 2.40. The van der Waals surface area contributed by atoms with Crippen LogP contribution in [0.2, 0.25) is 5.15 Å². The fourth-order valence-electron chi connectivity index (χ4n) is 3.56. The predicted octanol–water partition coefficient (Wildman–Crippen LogP) is 5.28. The van der Waals surface area contributed by atoms with Crippen molar-refractivity contribution in [1.82, 2.24) is 9.88 Å². The highest BCUT2D eigenvalue weighted by atomic mass is 35.5. The third kappa shape index (κ3) is 5.59. The molecule has 0 aliphatic heterocycles. The number of hydrogen-bond donors (Lipinski definition) is 0. The number of nitrogens with zero attached hydrogens (tertiary/aromatic N) is 2. The molecule has 3 rings (SSSR count). The van der Waals surface area contributed by atoms with Gasteiger partial charge in [-0.1, -0.05) is 23.7 Å². The van der Waals surface area contributed by atoms with E-state index in [1.165, 1.54) is 23.2 Å². The van der Waals surface area contributed by atoms with Crippen molar-refractivity contribution < 1.29 is 27.5 Å². The third-order valence-corrected chi connectivity index (χ3v) is 5.59. The minimum Gasteiger partial charge on any atom is -0.466 e. The van der Waals surface area contributed by atoms with Crippen LogP contribution >= 0.6 is 11.6 Å². The SMILES string of the molecule is CCOC(=O)Cc1cnc(Cl)c(-c2cccc(C(F)(F)F)c2CN(CC)C(=O)C2CC2)c1. The fraction of sp³-hybridized carbons (Fsp3) is 0.435. The van der Waals surface area contributed by atoms with Crippen LogP contribution in [-0.4, -0.2) is 34.9 Å². The van der Waals surface area contributed by atoms with E-state index < -0.39 is 17.7 Å². The van der Waals surface area contributed by atoms with Gasteiger partial charge in [0.05, 0.1) is 18.6 Å². The van der Waals surface area contributed by atoms with E-state index in [9.17, 15) is 22.8 Å². The lowest BCUT2D eigenvalue weighted by Gasteiger charge is -2.25. The average Bonchev–Trinajstić information content (AvgIpc) is 3.58. The fourth-order valence-corrected chi connectivity index (χ4v) is 3.76. The molecule has 0 spiro atoms. The number of amides is 1. The number of ether oxygens (including phenoxy) is 1. The molecule has 5 nitrogen and oxygen atoms in total. The van der Waals surface area contributed by atoms with Gasteiger partial charge in [-0.15, -0.1) is 0 Å². The normalized spacial score (nSPS) is 13.7. The van der Waals surface area contributed by atoms with Gasteiger partial charge in [-0.25, -0.2) is 4.98 Å². The Morgan fingerprint density at radius 3 is 2.53 bits per heavy atom. The second-order valence-corrected chi connectivity index (χ2v) is 7.98. The Bertz CT molecular complexity index is 1010. The van der Waals surface area contributed by atoms with Crippen molar-refractivity contribution in [2.45, 2.75) is 45.8 Å². The molecule has 0 unspecified atom stereocenters. The van der Waals surface area contributed by atoms with Gasteiger partial charge in [-0.3, -0.25) is 9.59 Å². The third-order valence-electron chi connectivity index (χ3n) is 5.29. The Balaban J connectivity index is 2.08. The lowest BCUT2D eigenvalue weighted by molar-refractivity contribution is -0.142. The van der Waals surface area contributed by atoms with E-state index in [4.69, 9.17) is 16.3 Å². The monoisotopic (exact) mass is 468 g/mol. The number of hydrogen-bond acceptors (Lipinski definition) is 4. The molecule has 9 heteroatoms. The summed E-state index contributed by atoms with van der Waals surface area (Å²) in [5, 5.41) is 0.00903. The largest absolute Gasteiger partial charge is 0.466 e. The molecular weight excluding hydrogens is 445 g/mol. The number of carbonyl (C=O) groups excluding carboxylic acids is 2. The molecule has 1 aromatic carbocycles. The summed E-state index contributed by atoms with van der Waals surface area (Å²) in [6.45, 7) is 3.73. The van der Waals surface area contributed by atoms with Crippen molar-refractivity contribution >= 4 is 23.5 Å². The molecule has 0 radical (unpaired) electrons. The summed E-state index contributed by atoms with van der Waals surface area (Å²) in [6.07, 6.45) is -1.79. The first kappa shape index (κ1) is 24.0. The van der Waals surface area contributed by atoms with Gasteiger partial charge < -0.3 is 9.64 Å².